The first kappa shape index (κ1) is 17.7. The summed E-state index contributed by atoms with van der Waals surface area (Å²) in [6.07, 6.45) is 0. The number of nitrogens with zero attached hydrogens (tertiary/aromatic N) is 1. The van der Waals surface area contributed by atoms with Gasteiger partial charge in [-0.2, -0.15) is 0 Å². The van der Waals surface area contributed by atoms with Crippen LogP contribution >= 0.6 is 0 Å². The molecule has 0 atom stereocenters. The molecule has 0 fully saturated rings. The van der Waals surface area contributed by atoms with Crippen LogP contribution in [0.3, 0.4) is 0 Å². The largest absolute Gasteiger partial charge is 0.502 e. The number of imide groups is 1. The van der Waals surface area contributed by atoms with Crippen molar-refractivity contribution in [2.24, 2.45) is 5.92 Å². The zero-order valence-corrected chi connectivity index (χ0v) is 14.4. The molecule has 5 nitrogen and oxygen atoms in total. The van der Waals surface area contributed by atoms with E-state index in [1.54, 1.807) is 24.3 Å². The third kappa shape index (κ3) is 3.31. The molecule has 0 spiro atoms. The minimum atomic E-state index is -0.879. The van der Waals surface area contributed by atoms with E-state index in [0.717, 1.165) is 11.0 Å². The van der Waals surface area contributed by atoms with E-state index in [9.17, 15) is 19.1 Å². The van der Waals surface area contributed by atoms with Gasteiger partial charge in [-0.1, -0.05) is 32.0 Å². The van der Waals surface area contributed by atoms with Crippen LogP contribution in [0.15, 0.2) is 54.3 Å². The van der Waals surface area contributed by atoms with E-state index >= 15 is 0 Å². The molecular weight excluding hydrogens is 337 g/mol. The van der Waals surface area contributed by atoms with Crippen molar-refractivity contribution in [1.29, 1.82) is 0 Å². The number of aliphatic hydroxyl groups excluding tert-OH is 1. The Kier molecular flexibility index (Phi) is 4.75. The molecule has 0 radical (unpaired) electrons. The summed E-state index contributed by atoms with van der Waals surface area (Å²) in [5.74, 6) is -1.82. The maximum absolute atomic E-state index is 13.4. The minimum absolute atomic E-state index is 0.0680. The molecule has 26 heavy (non-hydrogen) atoms. The molecule has 0 saturated carbocycles. The standard InChI is InChI=1S/C20H18FNO4/c1-12(2)11-26-16-8-6-13(7-9-16)17-18(23)20(25)22(19(17)24)15-5-3-4-14(21)10-15/h3-10,12,23H,11H2,1-2H3. The molecule has 3 rings (SSSR count). The summed E-state index contributed by atoms with van der Waals surface area (Å²) < 4.78 is 19.0. The van der Waals surface area contributed by atoms with Crippen LogP contribution in [0.1, 0.15) is 19.4 Å². The van der Waals surface area contributed by atoms with Crippen LogP contribution in [0.5, 0.6) is 5.75 Å². The maximum Gasteiger partial charge on any atom is 0.301 e. The first-order chi connectivity index (χ1) is 12.4. The minimum Gasteiger partial charge on any atom is -0.502 e. The zero-order valence-electron chi connectivity index (χ0n) is 14.4. The van der Waals surface area contributed by atoms with E-state index in [1.807, 2.05) is 13.8 Å². The van der Waals surface area contributed by atoms with Gasteiger partial charge in [-0.15, -0.1) is 0 Å². The molecule has 2 aromatic carbocycles. The second kappa shape index (κ2) is 7.00. The Labute approximate surface area is 150 Å². The molecule has 0 unspecified atom stereocenters. The van der Waals surface area contributed by atoms with Crippen LogP contribution in [-0.2, 0) is 9.59 Å². The van der Waals surface area contributed by atoms with Gasteiger partial charge in [0.05, 0.1) is 17.9 Å². The topological polar surface area (TPSA) is 66.8 Å². The van der Waals surface area contributed by atoms with Crippen molar-refractivity contribution in [2.75, 3.05) is 11.5 Å². The Balaban J connectivity index is 1.88. The zero-order chi connectivity index (χ0) is 18.8. The average Bonchev–Trinajstić information content (AvgIpc) is 2.83. The predicted octanol–water partition coefficient (Wildman–Crippen LogP) is 3.70. The van der Waals surface area contributed by atoms with Gasteiger partial charge in [0.1, 0.15) is 11.6 Å². The second-order valence-corrected chi connectivity index (χ2v) is 6.38. The highest BCUT2D eigenvalue weighted by atomic mass is 19.1. The molecule has 1 aliphatic heterocycles. The number of rotatable bonds is 5. The fraction of sp³-hybridized carbons (Fsp3) is 0.200. The summed E-state index contributed by atoms with van der Waals surface area (Å²) in [5.41, 5.74) is 0.338. The van der Waals surface area contributed by atoms with Gasteiger partial charge in [-0.05, 0) is 41.8 Å². The Bertz CT molecular complexity index is 887. The lowest BCUT2D eigenvalue weighted by molar-refractivity contribution is -0.121. The monoisotopic (exact) mass is 355 g/mol. The van der Waals surface area contributed by atoms with Crippen LogP contribution in [0.2, 0.25) is 0 Å². The number of carbonyl (C=O) groups is 2. The summed E-state index contributed by atoms with van der Waals surface area (Å²) in [6.45, 7) is 4.61. The number of hydrogen-bond acceptors (Lipinski definition) is 4. The van der Waals surface area contributed by atoms with E-state index in [4.69, 9.17) is 4.74 Å². The number of hydrogen-bond donors (Lipinski definition) is 1. The van der Waals surface area contributed by atoms with Crippen LogP contribution in [0.25, 0.3) is 5.57 Å². The van der Waals surface area contributed by atoms with Crippen LogP contribution in [-0.4, -0.2) is 23.5 Å². The molecule has 1 aliphatic rings. The molecule has 0 saturated heterocycles. The lowest BCUT2D eigenvalue weighted by Crippen LogP contribution is -2.31. The molecule has 0 aliphatic carbocycles. The Morgan fingerprint density at radius 3 is 2.38 bits per heavy atom. The van der Waals surface area contributed by atoms with Crippen LogP contribution in [0.4, 0.5) is 10.1 Å². The van der Waals surface area contributed by atoms with Crippen molar-refractivity contribution in [3.8, 4) is 5.75 Å². The Hall–Kier alpha value is -3.15. The molecular formula is C20H18FNO4. The third-order valence-corrected chi connectivity index (χ3v) is 3.85. The van der Waals surface area contributed by atoms with Gasteiger partial charge >= 0.3 is 5.91 Å². The molecule has 2 amide bonds. The van der Waals surface area contributed by atoms with Gasteiger partial charge < -0.3 is 9.84 Å². The lowest BCUT2D eigenvalue weighted by Gasteiger charge is -2.14. The highest BCUT2D eigenvalue weighted by Gasteiger charge is 2.40. The number of aliphatic hydroxyl groups is 1. The molecule has 2 aromatic rings. The Morgan fingerprint density at radius 1 is 1.08 bits per heavy atom. The average molecular weight is 355 g/mol. The normalized spacial score (nSPS) is 14.5. The van der Waals surface area contributed by atoms with E-state index in [0.29, 0.717) is 23.8 Å². The number of amides is 2. The van der Waals surface area contributed by atoms with E-state index in [2.05, 4.69) is 0 Å². The van der Waals surface area contributed by atoms with E-state index in [-0.39, 0.29) is 11.3 Å². The molecule has 0 aromatic heterocycles. The fourth-order valence-electron chi connectivity index (χ4n) is 2.61. The van der Waals surface area contributed by atoms with Crippen molar-refractivity contribution >= 4 is 23.1 Å². The van der Waals surface area contributed by atoms with Crippen LogP contribution in [0, 0.1) is 11.7 Å². The first-order valence-electron chi connectivity index (χ1n) is 8.19. The van der Waals surface area contributed by atoms with Crippen molar-refractivity contribution < 1.29 is 23.8 Å². The number of halogens is 1. The van der Waals surface area contributed by atoms with Gasteiger partial charge in [-0.25, -0.2) is 9.29 Å². The van der Waals surface area contributed by atoms with Gasteiger partial charge in [0.25, 0.3) is 5.91 Å². The maximum atomic E-state index is 13.4. The highest BCUT2D eigenvalue weighted by molar-refractivity contribution is 6.44. The van der Waals surface area contributed by atoms with Crippen molar-refractivity contribution in [2.45, 2.75) is 13.8 Å². The van der Waals surface area contributed by atoms with Gasteiger partial charge in [0.15, 0.2) is 5.76 Å². The number of benzene rings is 2. The summed E-state index contributed by atoms with van der Waals surface area (Å²) in [4.78, 5) is 25.7. The molecule has 1 N–H and O–H groups in total. The third-order valence-electron chi connectivity index (χ3n) is 3.85. The second-order valence-electron chi connectivity index (χ2n) is 6.38. The Morgan fingerprint density at radius 2 is 1.77 bits per heavy atom. The van der Waals surface area contributed by atoms with Crippen molar-refractivity contribution in [3.05, 3.63) is 65.7 Å². The highest BCUT2D eigenvalue weighted by Crippen LogP contribution is 2.32. The molecule has 6 heteroatoms. The van der Waals surface area contributed by atoms with Gasteiger partial charge in [0, 0.05) is 0 Å². The lowest BCUT2D eigenvalue weighted by atomic mass is 10.1. The van der Waals surface area contributed by atoms with Gasteiger partial charge in [0.2, 0.25) is 0 Å². The van der Waals surface area contributed by atoms with Crippen molar-refractivity contribution in [3.63, 3.8) is 0 Å². The van der Waals surface area contributed by atoms with E-state index < -0.39 is 23.4 Å². The first-order valence-corrected chi connectivity index (χ1v) is 8.19. The smallest absolute Gasteiger partial charge is 0.301 e. The predicted molar refractivity (Wildman–Crippen MR) is 95.2 cm³/mol. The molecule has 0 bridgehead atoms. The van der Waals surface area contributed by atoms with Crippen LogP contribution < -0.4 is 9.64 Å². The number of ether oxygens (including phenoxy) is 1. The SMILES string of the molecule is CC(C)COc1ccc(C2=C(O)C(=O)N(c3cccc(F)c3)C2=O)cc1. The van der Waals surface area contributed by atoms with Crippen molar-refractivity contribution in [1.82, 2.24) is 0 Å². The fourth-order valence-corrected chi connectivity index (χ4v) is 2.61. The molecule has 1 heterocycles. The van der Waals surface area contributed by atoms with E-state index in [1.165, 1.54) is 18.2 Å². The number of carbonyl (C=O) groups excluding carboxylic acids is 2. The summed E-state index contributed by atoms with van der Waals surface area (Å²) in [6, 6.07) is 11.6. The summed E-state index contributed by atoms with van der Waals surface area (Å²) in [5, 5.41) is 10.2. The molecule has 134 valence electrons. The quantitative estimate of drug-likeness (QED) is 0.831. The number of anilines is 1. The van der Waals surface area contributed by atoms with Gasteiger partial charge in [-0.3, -0.25) is 9.59 Å². The summed E-state index contributed by atoms with van der Waals surface area (Å²) in [7, 11) is 0. The summed E-state index contributed by atoms with van der Waals surface area (Å²) >= 11 is 0.